The molecule has 0 amide bonds. The summed E-state index contributed by atoms with van der Waals surface area (Å²) in [5.74, 6) is 3.23. The number of ether oxygens (including phenoxy) is 1. The van der Waals surface area contributed by atoms with E-state index >= 15 is 0 Å². The molecule has 17 heavy (non-hydrogen) atoms. The Bertz CT molecular complexity index is 382. The van der Waals surface area contributed by atoms with E-state index in [1.54, 1.807) is 0 Å². The van der Waals surface area contributed by atoms with E-state index in [4.69, 9.17) is 4.74 Å². The molecule has 1 aromatic heterocycles. The molecule has 3 rings (SSSR count). The van der Waals surface area contributed by atoms with Crippen LogP contribution in [0, 0.1) is 5.92 Å². The van der Waals surface area contributed by atoms with E-state index < -0.39 is 0 Å². The summed E-state index contributed by atoms with van der Waals surface area (Å²) >= 11 is 0. The van der Waals surface area contributed by atoms with Gasteiger partial charge in [-0.25, -0.2) is 0 Å². The van der Waals surface area contributed by atoms with Gasteiger partial charge in [-0.1, -0.05) is 13.8 Å². The molecule has 0 saturated carbocycles. The van der Waals surface area contributed by atoms with Gasteiger partial charge in [0.05, 0.1) is 12.6 Å². The monoisotopic (exact) mass is 236 g/mol. The molecule has 2 atom stereocenters. The van der Waals surface area contributed by atoms with Crippen LogP contribution < -0.4 is 5.32 Å². The van der Waals surface area contributed by atoms with E-state index in [0.29, 0.717) is 17.9 Å². The number of fused-ring (bicyclic) bond motifs is 1. The molecule has 3 heterocycles. The highest BCUT2D eigenvalue weighted by molar-refractivity contribution is 5.09. The quantitative estimate of drug-likeness (QED) is 0.835. The zero-order valence-corrected chi connectivity index (χ0v) is 10.5. The van der Waals surface area contributed by atoms with Crippen LogP contribution in [0.5, 0.6) is 0 Å². The summed E-state index contributed by atoms with van der Waals surface area (Å²) in [6, 6.07) is 0.340. The molecule has 1 aromatic rings. The maximum atomic E-state index is 5.45. The first-order valence-electron chi connectivity index (χ1n) is 6.51. The smallest absolute Gasteiger partial charge is 0.150 e. The second-order valence-corrected chi connectivity index (χ2v) is 5.30. The average Bonchev–Trinajstić information content (AvgIpc) is 2.96. The highest BCUT2D eigenvalue weighted by atomic mass is 16.5. The van der Waals surface area contributed by atoms with Gasteiger partial charge >= 0.3 is 0 Å². The lowest BCUT2D eigenvalue weighted by atomic mass is 10.0. The fourth-order valence-corrected chi connectivity index (χ4v) is 2.78. The van der Waals surface area contributed by atoms with Crippen molar-refractivity contribution >= 4 is 0 Å². The molecular formula is C12H20N4O. The fourth-order valence-electron chi connectivity index (χ4n) is 2.78. The lowest BCUT2D eigenvalue weighted by Crippen LogP contribution is -2.37. The number of nitrogens with one attached hydrogen (secondary N) is 1. The number of rotatable bonds is 2. The van der Waals surface area contributed by atoms with Gasteiger partial charge in [0, 0.05) is 25.6 Å². The Balaban J connectivity index is 1.93. The summed E-state index contributed by atoms with van der Waals surface area (Å²) in [5.41, 5.74) is 0. The minimum Gasteiger partial charge on any atom is -0.381 e. The van der Waals surface area contributed by atoms with Gasteiger partial charge < -0.3 is 14.6 Å². The van der Waals surface area contributed by atoms with E-state index in [2.05, 4.69) is 33.9 Å². The second kappa shape index (κ2) is 4.38. The third kappa shape index (κ3) is 1.87. The van der Waals surface area contributed by atoms with Gasteiger partial charge in [0.15, 0.2) is 5.82 Å². The molecule has 0 bridgehead atoms. The molecule has 0 radical (unpaired) electrons. The largest absolute Gasteiger partial charge is 0.381 e. The van der Waals surface area contributed by atoms with Crippen molar-refractivity contribution in [1.29, 1.82) is 0 Å². The summed E-state index contributed by atoms with van der Waals surface area (Å²) in [6.45, 7) is 8.10. The lowest BCUT2D eigenvalue weighted by Gasteiger charge is -2.28. The van der Waals surface area contributed by atoms with Crippen LogP contribution in [0.1, 0.15) is 43.9 Å². The van der Waals surface area contributed by atoms with Gasteiger partial charge in [-0.2, -0.15) is 0 Å². The van der Waals surface area contributed by atoms with Crippen LogP contribution in [0.2, 0.25) is 0 Å². The molecule has 5 heteroatoms. The molecule has 1 N–H and O–H groups in total. The topological polar surface area (TPSA) is 52.0 Å². The van der Waals surface area contributed by atoms with Crippen molar-refractivity contribution in [3.63, 3.8) is 0 Å². The Labute approximate surface area is 102 Å². The van der Waals surface area contributed by atoms with Crippen molar-refractivity contribution in [3.8, 4) is 0 Å². The van der Waals surface area contributed by atoms with Crippen LogP contribution in [0.15, 0.2) is 0 Å². The molecule has 2 aliphatic rings. The van der Waals surface area contributed by atoms with E-state index in [1.807, 2.05) is 0 Å². The zero-order chi connectivity index (χ0) is 11.8. The third-order valence-electron chi connectivity index (χ3n) is 3.75. The van der Waals surface area contributed by atoms with Crippen molar-refractivity contribution in [1.82, 2.24) is 20.1 Å². The number of aromatic nitrogens is 3. The second-order valence-electron chi connectivity index (χ2n) is 5.30. The van der Waals surface area contributed by atoms with Gasteiger partial charge in [-0.15, -0.1) is 10.2 Å². The van der Waals surface area contributed by atoms with Crippen LogP contribution in [0.4, 0.5) is 0 Å². The summed E-state index contributed by atoms with van der Waals surface area (Å²) in [7, 11) is 0. The molecule has 94 valence electrons. The molecule has 2 unspecified atom stereocenters. The fraction of sp³-hybridized carbons (Fsp3) is 0.833. The van der Waals surface area contributed by atoms with Gasteiger partial charge in [-0.05, 0) is 12.3 Å². The molecule has 5 nitrogen and oxygen atoms in total. The summed E-state index contributed by atoms with van der Waals surface area (Å²) < 4.78 is 7.76. The van der Waals surface area contributed by atoms with Crippen molar-refractivity contribution < 1.29 is 4.74 Å². The Morgan fingerprint density at radius 3 is 2.88 bits per heavy atom. The Kier molecular flexibility index (Phi) is 2.88. The first-order valence-corrected chi connectivity index (χ1v) is 6.51. The average molecular weight is 236 g/mol. The Hall–Kier alpha value is -0.940. The van der Waals surface area contributed by atoms with Crippen molar-refractivity contribution in [2.75, 3.05) is 19.8 Å². The predicted molar refractivity (Wildman–Crippen MR) is 63.8 cm³/mol. The molecule has 0 aliphatic carbocycles. The number of hydrogen-bond acceptors (Lipinski definition) is 4. The van der Waals surface area contributed by atoms with E-state index in [0.717, 1.165) is 44.4 Å². The van der Waals surface area contributed by atoms with Crippen LogP contribution in [-0.4, -0.2) is 34.5 Å². The SMILES string of the molecule is CC(C)C1NCCn2c(C3CCOC3)nnc21. The first kappa shape index (κ1) is 11.2. The predicted octanol–water partition coefficient (Wildman–Crippen LogP) is 1.08. The van der Waals surface area contributed by atoms with E-state index in [1.165, 1.54) is 0 Å². The highest BCUT2D eigenvalue weighted by Gasteiger charge is 2.31. The molecule has 2 aliphatic heterocycles. The van der Waals surface area contributed by atoms with Crippen molar-refractivity contribution in [2.24, 2.45) is 5.92 Å². The molecule has 1 fully saturated rings. The summed E-state index contributed by atoms with van der Waals surface area (Å²) in [5, 5.41) is 12.3. The van der Waals surface area contributed by atoms with Crippen molar-refractivity contribution in [3.05, 3.63) is 11.6 Å². The first-order chi connectivity index (χ1) is 8.27. The normalized spacial score (nSPS) is 28.6. The van der Waals surface area contributed by atoms with Gasteiger partial charge in [0.1, 0.15) is 5.82 Å². The van der Waals surface area contributed by atoms with Crippen LogP contribution in [0.25, 0.3) is 0 Å². The number of nitrogens with zero attached hydrogens (tertiary/aromatic N) is 3. The standard InChI is InChI=1S/C12H20N4O/c1-8(2)10-12-15-14-11(9-3-6-17-7-9)16(12)5-4-13-10/h8-10,13H,3-7H2,1-2H3. The summed E-state index contributed by atoms with van der Waals surface area (Å²) in [6.07, 6.45) is 1.08. The molecule has 1 saturated heterocycles. The maximum absolute atomic E-state index is 5.45. The van der Waals surface area contributed by atoms with Gasteiger partial charge in [-0.3, -0.25) is 0 Å². The zero-order valence-electron chi connectivity index (χ0n) is 10.5. The van der Waals surface area contributed by atoms with E-state index in [-0.39, 0.29) is 0 Å². The third-order valence-corrected chi connectivity index (χ3v) is 3.75. The van der Waals surface area contributed by atoms with Crippen LogP contribution >= 0.6 is 0 Å². The Morgan fingerprint density at radius 1 is 1.35 bits per heavy atom. The highest BCUT2D eigenvalue weighted by Crippen LogP contribution is 2.29. The molecular weight excluding hydrogens is 216 g/mol. The summed E-state index contributed by atoms with van der Waals surface area (Å²) in [4.78, 5) is 0. The Morgan fingerprint density at radius 2 is 2.18 bits per heavy atom. The minimum atomic E-state index is 0.340. The maximum Gasteiger partial charge on any atom is 0.150 e. The molecule has 0 spiro atoms. The lowest BCUT2D eigenvalue weighted by molar-refractivity contribution is 0.192. The van der Waals surface area contributed by atoms with Crippen LogP contribution in [0.3, 0.4) is 0 Å². The van der Waals surface area contributed by atoms with Crippen LogP contribution in [-0.2, 0) is 11.3 Å². The number of hydrogen-bond donors (Lipinski definition) is 1. The van der Waals surface area contributed by atoms with Gasteiger partial charge in [0.2, 0.25) is 0 Å². The van der Waals surface area contributed by atoms with E-state index in [9.17, 15) is 0 Å². The minimum absolute atomic E-state index is 0.340. The van der Waals surface area contributed by atoms with Crippen molar-refractivity contribution in [2.45, 2.75) is 38.8 Å². The molecule has 0 aromatic carbocycles. The van der Waals surface area contributed by atoms with Gasteiger partial charge in [0.25, 0.3) is 0 Å².